The van der Waals surface area contributed by atoms with Crippen LogP contribution in [0.1, 0.15) is 22.4 Å². The minimum absolute atomic E-state index is 0.124. The molecule has 4 nitrogen and oxygen atoms in total. The van der Waals surface area contributed by atoms with E-state index in [1.165, 1.54) is 25.1 Å². The van der Waals surface area contributed by atoms with Crippen LogP contribution < -0.4 is 4.85 Å². The lowest BCUT2D eigenvalue weighted by atomic mass is 10.0. The molecule has 1 N–H and O–H groups in total. The first kappa shape index (κ1) is 15.1. The second kappa shape index (κ2) is 5.59. The summed E-state index contributed by atoms with van der Waals surface area (Å²) in [6, 6.07) is 5.17. The molecular weight excluding hydrogens is 285 g/mol. The SMILES string of the molecule is Cc1cc(CCc2cc(O)cn[n+]2[O-])ccc1C(F)(F)F. The van der Waals surface area contributed by atoms with Gasteiger partial charge in [-0.25, -0.2) is 0 Å². The highest BCUT2D eigenvalue weighted by Crippen LogP contribution is 2.32. The Bertz CT molecular complexity index is 657. The highest BCUT2D eigenvalue weighted by molar-refractivity contribution is 5.33. The molecule has 2 rings (SSSR count). The maximum atomic E-state index is 12.6. The maximum absolute atomic E-state index is 12.6. The van der Waals surface area contributed by atoms with Crippen LogP contribution in [0.15, 0.2) is 30.5 Å². The van der Waals surface area contributed by atoms with Gasteiger partial charge in [-0.3, -0.25) is 0 Å². The third-order valence-electron chi connectivity index (χ3n) is 3.12. The summed E-state index contributed by atoms with van der Waals surface area (Å²) in [5, 5.41) is 24.1. The second-order valence-electron chi connectivity index (χ2n) is 4.73. The Morgan fingerprint density at radius 2 is 1.95 bits per heavy atom. The standard InChI is InChI=1S/C14H13F3N2O2/c1-9-6-10(3-5-13(9)14(15,16)17)2-4-11-7-12(20)8-18-19(11)21/h3,5-8,20H,2,4H2,1H3. The molecule has 21 heavy (non-hydrogen) atoms. The fourth-order valence-electron chi connectivity index (χ4n) is 2.09. The first-order chi connectivity index (χ1) is 9.77. The van der Waals surface area contributed by atoms with Gasteiger partial charge in [-0.2, -0.15) is 13.2 Å². The van der Waals surface area contributed by atoms with E-state index in [-0.39, 0.29) is 23.4 Å². The van der Waals surface area contributed by atoms with Crippen molar-refractivity contribution in [2.45, 2.75) is 25.9 Å². The van der Waals surface area contributed by atoms with Gasteiger partial charge in [0.25, 0.3) is 0 Å². The summed E-state index contributed by atoms with van der Waals surface area (Å²) in [4.78, 5) is 0.386. The third kappa shape index (κ3) is 3.62. The number of alkyl halides is 3. The van der Waals surface area contributed by atoms with Crippen molar-refractivity contribution in [3.63, 3.8) is 0 Å². The van der Waals surface area contributed by atoms with Crippen LogP contribution in [0.25, 0.3) is 0 Å². The van der Waals surface area contributed by atoms with Gasteiger partial charge < -0.3 is 10.3 Å². The molecule has 112 valence electrons. The van der Waals surface area contributed by atoms with E-state index in [0.717, 1.165) is 12.3 Å². The van der Waals surface area contributed by atoms with E-state index in [0.29, 0.717) is 16.8 Å². The van der Waals surface area contributed by atoms with Crippen molar-refractivity contribution in [3.8, 4) is 5.75 Å². The van der Waals surface area contributed by atoms with Crippen LogP contribution in [-0.2, 0) is 19.0 Å². The van der Waals surface area contributed by atoms with Crippen LogP contribution in [0, 0.1) is 12.1 Å². The van der Waals surface area contributed by atoms with Crippen molar-refractivity contribution in [1.82, 2.24) is 5.10 Å². The molecular formula is C14H13F3N2O2. The van der Waals surface area contributed by atoms with E-state index in [4.69, 9.17) is 0 Å². The number of aryl methyl sites for hydroxylation is 3. The molecule has 0 amide bonds. The Morgan fingerprint density at radius 1 is 1.24 bits per heavy atom. The monoisotopic (exact) mass is 298 g/mol. The van der Waals surface area contributed by atoms with Crippen LogP contribution in [0.4, 0.5) is 13.2 Å². The van der Waals surface area contributed by atoms with Crippen LogP contribution in [0.2, 0.25) is 0 Å². The third-order valence-corrected chi connectivity index (χ3v) is 3.12. The molecule has 0 bridgehead atoms. The van der Waals surface area contributed by atoms with Crippen molar-refractivity contribution >= 4 is 0 Å². The normalized spacial score (nSPS) is 11.6. The molecule has 0 aliphatic heterocycles. The van der Waals surface area contributed by atoms with Gasteiger partial charge in [-0.05, 0) is 30.5 Å². The van der Waals surface area contributed by atoms with E-state index in [1.54, 1.807) is 0 Å². The molecule has 0 atom stereocenters. The van der Waals surface area contributed by atoms with Gasteiger partial charge in [-0.1, -0.05) is 17.0 Å². The lowest BCUT2D eigenvalue weighted by Gasteiger charge is -2.11. The van der Waals surface area contributed by atoms with E-state index < -0.39 is 11.7 Å². The Kier molecular flexibility index (Phi) is 4.02. The molecule has 0 aliphatic rings. The lowest BCUT2D eigenvalue weighted by Crippen LogP contribution is -2.35. The number of hydrogen-bond donors (Lipinski definition) is 1. The zero-order valence-electron chi connectivity index (χ0n) is 11.2. The summed E-state index contributed by atoms with van der Waals surface area (Å²) in [6.45, 7) is 1.40. The summed E-state index contributed by atoms with van der Waals surface area (Å²) in [5.74, 6) is -0.124. The summed E-state index contributed by atoms with van der Waals surface area (Å²) >= 11 is 0. The molecule has 0 unspecified atom stereocenters. The van der Waals surface area contributed by atoms with Gasteiger partial charge in [-0.15, -0.1) is 0 Å². The van der Waals surface area contributed by atoms with Crippen molar-refractivity contribution in [1.29, 1.82) is 0 Å². The molecule has 1 heterocycles. The average molecular weight is 298 g/mol. The predicted molar refractivity (Wildman–Crippen MR) is 68.5 cm³/mol. The number of hydrogen-bond acceptors (Lipinski definition) is 3. The number of aromatic hydroxyl groups is 1. The molecule has 1 aromatic carbocycles. The van der Waals surface area contributed by atoms with Crippen LogP contribution in [-0.4, -0.2) is 10.2 Å². The Morgan fingerprint density at radius 3 is 2.57 bits per heavy atom. The minimum Gasteiger partial charge on any atom is -0.594 e. The summed E-state index contributed by atoms with van der Waals surface area (Å²) in [5.41, 5.74) is 0.421. The molecule has 0 spiro atoms. The van der Waals surface area contributed by atoms with Crippen molar-refractivity contribution in [2.24, 2.45) is 0 Å². The van der Waals surface area contributed by atoms with Crippen LogP contribution >= 0.6 is 0 Å². The topological polar surface area (TPSA) is 60.1 Å². The first-order valence-electron chi connectivity index (χ1n) is 6.22. The largest absolute Gasteiger partial charge is 0.594 e. The smallest absolute Gasteiger partial charge is 0.416 e. The van der Waals surface area contributed by atoms with E-state index in [9.17, 15) is 23.5 Å². The molecule has 7 heteroatoms. The molecule has 0 saturated carbocycles. The Hall–Kier alpha value is -2.31. The maximum Gasteiger partial charge on any atom is 0.416 e. The fourth-order valence-corrected chi connectivity index (χ4v) is 2.09. The number of nitrogens with zero attached hydrogens (tertiary/aromatic N) is 2. The van der Waals surface area contributed by atoms with Gasteiger partial charge in [0.1, 0.15) is 11.9 Å². The number of rotatable bonds is 3. The van der Waals surface area contributed by atoms with E-state index in [1.807, 2.05) is 0 Å². The Balaban J connectivity index is 2.14. The van der Waals surface area contributed by atoms with Gasteiger partial charge >= 0.3 is 6.18 Å². The summed E-state index contributed by atoms with van der Waals surface area (Å²) < 4.78 is 37.9. The first-order valence-corrected chi connectivity index (χ1v) is 6.22. The van der Waals surface area contributed by atoms with Gasteiger partial charge in [0.2, 0.25) is 5.69 Å². The van der Waals surface area contributed by atoms with Crippen molar-refractivity contribution in [3.05, 3.63) is 58.1 Å². The predicted octanol–water partition coefficient (Wildman–Crippen LogP) is 2.53. The zero-order chi connectivity index (χ0) is 15.6. The average Bonchev–Trinajstić information content (AvgIpc) is 2.38. The minimum atomic E-state index is -4.37. The van der Waals surface area contributed by atoms with E-state index in [2.05, 4.69) is 5.10 Å². The van der Waals surface area contributed by atoms with Gasteiger partial charge in [0.05, 0.1) is 11.6 Å². The van der Waals surface area contributed by atoms with Crippen molar-refractivity contribution in [2.75, 3.05) is 0 Å². The van der Waals surface area contributed by atoms with Crippen LogP contribution in [0.3, 0.4) is 0 Å². The summed E-state index contributed by atoms with van der Waals surface area (Å²) in [7, 11) is 0. The molecule has 1 aromatic heterocycles. The van der Waals surface area contributed by atoms with Crippen molar-refractivity contribution < 1.29 is 23.1 Å². The number of benzene rings is 1. The quantitative estimate of drug-likeness (QED) is 0.699. The zero-order valence-corrected chi connectivity index (χ0v) is 11.2. The highest BCUT2D eigenvalue weighted by atomic mass is 19.4. The molecule has 0 radical (unpaired) electrons. The molecule has 0 saturated heterocycles. The number of halogens is 3. The van der Waals surface area contributed by atoms with E-state index >= 15 is 0 Å². The second-order valence-corrected chi connectivity index (χ2v) is 4.73. The summed E-state index contributed by atoms with van der Waals surface area (Å²) in [6.07, 6.45) is -2.68. The Labute approximate surface area is 119 Å². The molecule has 0 fully saturated rings. The number of aromatic nitrogens is 2. The van der Waals surface area contributed by atoms with Crippen LogP contribution in [0.5, 0.6) is 5.75 Å². The fraction of sp³-hybridized carbons (Fsp3) is 0.286. The molecule has 0 aliphatic carbocycles. The highest BCUT2D eigenvalue weighted by Gasteiger charge is 2.32. The molecule has 2 aromatic rings. The lowest BCUT2D eigenvalue weighted by molar-refractivity contribution is -0.676. The van der Waals surface area contributed by atoms with Gasteiger partial charge in [0.15, 0.2) is 0 Å². The van der Waals surface area contributed by atoms with Gasteiger partial charge in [0, 0.05) is 11.5 Å².